The van der Waals surface area contributed by atoms with Gasteiger partial charge in [0.25, 0.3) is 5.24 Å². The summed E-state index contributed by atoms with van der Waals surface area (Å²) in [6, 6.07) is 16.6. The van der Waals surface area contributed by atoms with Gasteiger partial charge in [-0.05, 0) is 42.1 Å². The van der Waals surface area contributed by atoms with Gasteiger partial charge in [-0.25, -0.2) is 0 Å². The van der Waals surface area contributed by atoms with Crippen molar-refractivity contribution in [1.82, 2.24) is 0 Å². The van der Waals surface area contributed by atoms with Crippen LogP contribution in [0.3, 0.4) is 0 Å². The molecule has 86 valence electrons. The summed E-state index contributed by atoms with van der Waals surface area (Å²) < 4.78 is 0. The fourth-order valence-electron chi connectivity index (χ4n) is 1.31. The van der Waals surface area contributed by atoms with Crippen LogP contribution in [0.4, 0.5) is 10.5 Å². The average Bonchev–Trinajstić information content (AvgIpc) is 2.30. The molecular weight excluding hydrogens is 254 g/mol. The Morgan fingerprint density at radius 1 is 1.06 bits per heavy atom. The zero-order valence-electron chi connectivity index (χ0n) is 8.89. The summed E-state index contributed by atoms with van der Waals surface area (Å²) in [5, 5.41) is 3.25. The molecule has 2 aromatic carbocycles. The smallest absolute Gasteiger partial charge is 0.288 e. The fraction of sp³-hybridized carbons (Fsp3) is 0. The van der Waals surface area contributed by atoms with Gasteiger partial charge in [0.1, 0.15) is 0 Å². The molecule has 0 aliphatic rings. The van der Waals surface area contributed by atoms with Crippen molar-refractivity contribution >= 4 is 34.3 Å². The Morgan fingerprint density at radius 2 is 1.82 bits per heavy atom. The van der Waals surface area contributed by atoms with Crippen molar-refractivity contribution in [2.75, 3.05) is 5.32 Å². The Labute approximate surface area is 109 Å². The van der Waals surface area contributed by atoms with Crippen LogP contribution in [0.5, 0.6) is 0 Å². The molecule has 2 nitrogen and oxygen atoms in total. The lowest BCUT2D eigenvalue weighted by Crippen LogP contribution is -2.04. The van der Waals surface area contributed by atoms with E-state index in [0.717, 1.165) is 16.7 Å². The molecule has 0 aliphatic heterocycles. The molecule has 2 aromatic rings. The van der Waals surface area contributed by atoms with Gasteiger partial charge in [-0.2, -0.15) is 0 Å². The van der Waals surface area contributed by atoms with Crippen LogP contribution in [0.25, 0.3) is 0 Å². The van der Waals surface area contributed by atoms with Gasteiger partial charge >= 0.3 is 0 Å². The highest BCUT2D eigenvalue weighted by Crippen LogP contribution is 2.21. The van der Waals surface area contributed by atoms with Crippen LogP contribution in [0.15, 0.2) is 59.5 Å². The summed E-state index contributed by atoms with van der Waals surface area (Å²) in [6.45, 7) is 0. The number of amides is 1. The fourth-order valence-corrected chi connectivity index (χ4v) is 2.17. The molecule has 0 aromatic heterocycles. The molecule has 0 aliphatic carbocycles. The largest absolute Gasteiger partial charge is 0.317 e. The van der Waals surface area contributed by atoms with Crippen molar-refractivity contribution in [3.63, 3.8) is 0 Å². The number of benzene rings is 2. The maximum absolute atomic E-state index is 11.7. The van der Waals surface area contributed by atoms with E-state index in [1.54, 1.807) is 24.3 Å². The standard InChI is InChI=1S/C13H10ClNOS/c14-10-5-4-6-11(9-10)15-13(16)17-12-7-2-1-3-8-12/h1-9H,(H,15,16). The topological polar surface area (TPSA) is 29.1 Å². The molecule has 0 fully saturated rings. The van der Waals surface area contributed by atoms with Gasteiger partial charge < -0.3 is 5.32 Å². The summed E-state index contributed by atoms with van der Waals surface area (Å²) in [5.41, 5.74) is 0.700. The van der Waals surface area contributed by atoms with E-state index >= 15 is 0 Å². The molecule has 0 radical (unpaired) electrons. The second-order valence-electron chi connectivity index (χ2n) is 3.34. The third kappa shape index (κ3) is 3.80. The Hall–Kier alpha value is -1.45. The third-order valence-electron chi connectivity index (χ3n) is 2.02. The first-order valence-electron chi connectivity index (χ1n) is 5.03. The van der Waals surface area contributed by atoms with Gasteiger partial charge in [-0.15, -0.1) is 0 Å². The van der Waals surface area contributed by atoms with Crippen molar-refractivity contribution in [3.8, 4) is 0 Å². The predicted octanol–water partition coefficient (Wildman–Crippen LogP) is 4.66. The number of halogens is 1. The van der Waals surface area contributed by atoms with Crippen LogP contribution >= 0.6 is 23.4 Å². The van der Waals surface area contributed by atoms with Crippen LogP contribution in [0, 0.1) is 0 Å². The number of nitrogens with one attached hydrogen (secondary N) is 1. The number of carbonyl (C=O) groups excluding carboxylic acids is 1. The Bertz CT molecular complexity index is 516. The molecule has 2 rings (SSSR count). The molecular formula is C13H10ClNOS. The molecule has 0 saturated carbocycles. The van der Waals surface area contributed by atoms with E-state index in [9.17, 15) is 4.79 Å². The maximum atomic E-state index is 11.7. The maximum Gasteiger partial charge on any atom is 0.288 e. The molecule has 0 saturated heterocycles. The first-order chi connectivity index (χ1) is 8.24. The highest BCUT2D eigenvalue weighted by atomic mass is 35.5. The molecule has 4 heteroatoms. The summed E-state index contributed by atoms with van der Waals surface area (Å²) >= 11 is 6.98. The summed E-state index contributed by atoms with van der Waals surface area (Å²) in [5.74, 6) is 0. The SMILES string of the molecule is O=C(Nc1cccc(Cl)c1)Sc1ccccc1. The molecule has 17 heavy (non-hydrogen) atoms. The van der Waals surface area contributed by atoms with Crippen molar-refractivity contribution in [2.24, 2.45) is 0 Å². The van der Waals surface area contributed by atoms with Crippen LogP contribution in [-0.2, 0) is 0 Å². The minimum absolute atomic E-state index is 0.126. The first-order valence-corrected chi connectivity index (χ1v) is 6.23. The van der Waals surface area contributed by atoms with E-state index in [0.29, 0.717) is 10.7 Å². The van der Waals surface area contributed by atoms with E-state index in [2.05, 4.69) is 5.32 Å². The van der Waals surface area contributed by atoms with Crippen molar-refractivity contribution in [2.45, 2.75) is 4.90 Å². The molecule has 0 atom stereocenters. The van der Waals surface area contributed by atoms with Crippen LogP contribution in [0.1, 0.15) is 0 Å². The highest BCUT2D eigenvalue weighted by molar-refractivity contribution is 8.13. The number of hydrogen-bond acceptors (Lipinski definition) is 2. The molecule has 0 unspecified atom stereocenters. The van der Waals surface area contributed by atoms with Gasteiger partial charge in [0.05, 0.1) is 0 Å². The Kier molecular flexibility index (Phi) is 4.07. The Morgan fingerprint density at radius 3 is 2.53 bits per heavy atom. The summed E-state index contributed by atoms with van der Waals surface area (Å²) in [6.07, 6.45) is 0. The van der Waals surface area contributed by atoms with E-state index < -0.39 is 0 Å². The van der Waals surface area contributed by atoms with Crippen molar-refractivity contribution in [3.05, 3.63) is 59.6 Å². The zero-order chi connectivity index (χ0) is 12.1. The average molecular weight is 264 g/mol. The van der Waals surface area contributed by atoms with E-state index in [4.69, 9.17) is 11.6 Å². The lowest BCUT2D eigenvalue weighted by molar-refractivity contribution is 0.270. The monoisotopic (exact) mass is 263 g/mol. The predicted molar refractivity (Wildman–Crippen MR) is 72.8 cm³/mol. The quantitative estimate of drug-likeness (QED) is 0.798. The molecule has 0 heterocycles. The minimum atomic E-state index is -0.126. The van der Waals surface area contributed by atoms with Gasteiger partial charge in [-0.3, -0.25) is 4.79 Å². The van der Waals surface area contributed by atoms with Crippen molar-refractivity contribution < 1.29 is 4.79 Å². The van der Waals surface area contributed by atoms with Gasteiger partial charge in [-0.1, -0.05) is 35.9 Å². The second kappa shape index (κ2) is 5.75. The normalized spacial score (nSPS) is 9.94. The van der Waals surface area contributed by atoms with Crippen LogP contribution in [-0.4, -0.2) is 5.24 Å². The number of rotatable bonds is 2. The minimum Gasteiger partial charge on any atom is -0.317 e. The molecule has 1 amide bonds. The number of hydrogen-bond donors (Lipinski definition) is 1. The lowest BCUT2D eigenvalue weighted by atomic mass is 10.3. The summed E-state index contributed by atoms with van der Waals surface area (Å²) in [4.78, 5) is 12.6. The molecule has 0 bridgehead atoms. The molecule has 0 spiro atoms. The van der Waals surface area contributed by atoms with E-state index in [1.807, 2.05) is 30.3 Å². The van der Waals surface area contributed by atoms with Gasteiger partial charge in [0, 0.05) is 15.6 Å². The summed E-state index contributed by atoms with van der Waals surface area (Å²) in [7, 11) is 0. The number of anilines is 1. The van der Waals surface area contributed by atoms with Crippen molar-refractivity contribution in [1.29, 1.82) is 0 Å². The van der Waals surface area contributed by atoms with Crippen LogP contribution in [0.2, 0.25) is 5.02 Å². The molecule has 1 N–H and O–H groups in total. The van der Waals surface area contributed by atoms with Gasteiger partial charge in [0.15, 0.2) is 0 Å². The first kappa shape index (κ1) is 12.0. The highest BCUT2D eigenvalue weighted by Gasteiger charge is 2.04. The van der Waals surface area contributed by atoms with Crippen LogP contribution < -0.4 is 5.32 Å². The second-order valence-corrected chi connectivity index (χ2v) is 4.82. The number of carbonyl (C=O) groups is 1. The van der Waals surface area contributed by atoms with E-state index in [1.165, 1.54) is 0 Å². The lowest BCUT2D eigenvalue weighted by Gasteiger charge is -2.04. The van der Waals surface area contributed by atoms with E-state index in [-0.39, 0.29) is 5.24 Å². The zero-order valence-corrected chi connectivity index (χ0v) is 10.5. The number of thioether (sulfide) groups is 1. The van der Waals surface area contributed by atoms with Gasteiger partial charge in [0.2, 0.25) is 0 Å². The Balaban J connectivity index is 1.98. The third-order valence-corrected chi connectivity index (χ3v) is 3.06.